The van der Waals surface area contributed by atoms with Gasteiger partial charge in [-0.15, -0.1) is 0 Å². The number of anilines is 1. The van der Waals surface area contributed by atoms with Crippen molar-refractivity contribution in [1.29, 1.82) is 0 Å². The van der Waals surface area contributed by atoms with Gasteiger partial charge in [-0.05, 0) is 30.7 Å². The highest BCUT2D eigenvalue weighted by Gasteiger charge is 2.13. The lowest BCUT2D eigenvalue weighted by molar-refractivity contribution is 0.102. The molecule has 104 valence electrons. The van der Waals surface area contributed by atoms with Gasteiger partial charge >= 0.3 is 0 Å². The average Bonchev–Trinajstić information content (AvgIpc) is 2.95. The molecular weight excluding hydrogens is 256 g/mol. The molecule has 0 unspecified atom stereocenters. The molecule has 1 heterocycles. The molecular formula is C15H16N2O3. The van der Waals surface area contributed by atoms with E-state index in [9.17, 15) is 4.79 Å². The number of benzene rings is 1. The van der Waals surface area contributed by atoms with Gasteiger partial charge in [-0.1, -0.05) is 24.2 Å². The Bertz CT molecular complexity index is 627. The second-order valence-electron chi connectivity index (χ2n) is 4.33. The monoisotopic (exact) mass is 272 g/mol. The number of furan rings is 1. The normalized spacial score (nSPS) is 11.4. The zero-order valence-electron chi connectivity index (χ0n) is 11.4. The summed E-state index contributed by atoms with van der Waals surface area (Å²) in [5.41, 5.74) is 2.53. The molecule has 1 amide bonds. The molecule has 5 heteroatoms. The van der Waals surface area contributed by atoms with E-state index in [4.69, 9.17) is 9.62 Å². The number of carbonyl (C=O) groups excluding carboxylic acids is 1. The van der Waals surface area contributed by atoms with E-state index in [1.165, 1.54) is 6.26 Å². The maximum Gasteiger partial charge on any atom is 0.259 e. The van der Waals surface area contributed by atoms with Crippen LogP contribution in [0.3, 0.4) is 0 Å². The molecule has 0 saturated carbocycles. The Morgan fingerprint density at radius 2 is 2.00 bits per heavy atom. The Hall–Kier alpha value is -2.56. The number of aryl methyl sites for hydroxylation is 1. The maximum absolute atomic E-state index is 12.1. The second-order valence-corrected chi connectivity index (χ2v) is 4.33. The topological polar surface area (TPSA) is 74.8 Å². The molecule has 0 radical (unpaired) electrons. The summed E-state index contributed by atoms with van der Waals surface area (Å²) in [6.07, 6.45) is 2.18. The maximum atomic E-state index is 12.1. The van der Waals surface area contributed by atoms with Crippen molar-refractivity contribution in [2.24, 2.45) is 5.16 Å². The Labute approximate surface area is 116 Å². The van der Waals surface area contributed by atoms with Crippen LogP contribution in [0.2, 0.25) is 0 Å². The van der Waals surface area contributed by atoms with E-state index in [0.29, 0.717) is 29.1 Å². The highest BCUT2D eigenvalue weighted by molar-refractivity contribution is 6.05. The molecule has 20 heavy (non-hydrogen) atoms. The van der Waals surface area contributed by atoms with Crippen molar-refractivity contribution in [3.8, 4) is 0 Å². The number of oxime groups is 1. The second kappa shape index (κ2) is 6.06. The first-order chi connectivity index (χ1) is 9.65. The number of hydrogen-bond donors (Lipinski definition) is 2. The van der Waals surface area contributed by atoms with Gasteiger partial charge in [-0.2, -0.15) is 0 Å². The van der Waals surface area contributed by atoms with Crippen molar-refractivity contribution in [2.75, 3.05) is 5.32 Å². The van der Waals surface area contributed by atoms with E-state index < -0.39 is 0 Å². The highest BCUT2D eigenvalue weighted by atomic mass is 16.4. The van der Waals surface area contributed by atoms with Gasteiger partial charge < -0.3 is 14.9 Å². The third-order valence-electron chi connectivity index (χ3n) is 3.02. The van der Waals surface area contributed by atoms with E-state index in [1.807, 2.05) is 6.92 Å². The largest absolute Gasteiger partial charge is 0.469 e. The van der Waals surface area contributed by atoms with Crippen molar-refractivity contribution in [2.45, 2.75) is 20.3 Å². The van der Waals surface area contributed by atoms with Gasteiger partial charge in [0.05, 0.1) is 17.5 Å². The third kappa shape index (κ3) is 2.88. The fraction of sp³-hybridized carbons (Fsp3) is 0.200. The molecule has 0 saturated heterocycles. The van der Waals surface area contributed by atoms with Gasteiger partial charge in [-0.3, -0.25) is 4.79 Å². The zero-order valence-corrected chi connectivity index (χ0v) is 11.4. The lowest BCUT2D eigenvalue weighted by Gasteiger charge is -2.06. The van der Waals surface area contributed by atoms with Crippen LogP contribution in [0, 0.1) is 0 Å². The van der Waals surface area contributed by atoms with E-state index >= 15 is 0 Å². The summed E-state index contributed by atoms with van der Waals surface area (Å²) >= 11 is 0. The minimum atomic E-state index is -0.198. The van der Waals surface area contributed by atoms with Gasteiger partial charge in [0, 0.05) is 12.1 Å². The van der Waals surface area contributed by atoms with Crippen LogP contribution in [0.4, 0.5) is 5.69 Å². The Balaban J connectivity index is 2.12. The van der Waals surface area contributed by atoms with Crippen molar-refractivity contribution in [3.05, 3.63) is 53.5 Å². The van der Waals surface area contributed by atoms with E-state index in [-0.39, 0.29) is 5.91 Å². The minimum Gasteiger partial charge on any atom is -0.469 e. The summed E-state index contributed by atoms with van der Waals surface area (Å²) in [7, 11) is 0. The first kappa shape index (κ1) is 13.9. The van der Waals surface area contributed by atoms with Crippen LogP contribution in [0.5, 0.6) is 0 Å². The average molecular weight is 272 g/mol. The molecule has 1 aromatic heterocycles. The van der Waals surface area contributed by atoms with Crippen LogP contribution in [0.25, 0.3) is 0 Å². The van der Waals surface area contributed by atoms with Crippen LogP contribution in [0.1, 0.15) is 35.5 Å². The Morgan fingerprint density at radius 1 is 1.30 bits per heavy atom. The summed E-state index contributed by atoms with van der Waals surface area (Å²) < 4.78 is 5.23. The van der Waals surface area contributed by atoms with Crippen molar-refractivity contribution in [3.63, 3.8) is 0 Å². The first-order valence-electron chi connectivity index (χ1n) is 6.32. The number of nitrogens with one attached hydrogen (secondary N) is 1. The van der Waals surface area contributed by atoms with Crippen LogP contribution in [0.15, 0.2) is 46.2 Å². The SMILES string of the molecule is CCc1occc1C(=O)Nc1ccc(/C(C)=N/O)cc1. The number of hydrogen-bond acceptors (Lipinski definition) is 4. The van der Waals surface area contributed by atoms with Crippen LogP contribution < -0.4 is 5.32 Å². The van der Waals surface area contributed by atoms with Crippen molar-refractivity contribution in [1.82, 2.24) is 0 Å². The molecule has 0 bridgehead atoms. The molecule has 0 spiro atoms. The summed E-state index contributed by atoms with van der Waals surface area (Å²) in [4.78, 5) is 12.1. The molecule has 0 fully saturated rings. The number of rotatable bonds is 4. The predicted octanol–water partition coefficient (Wildman–Crippen LogP) is 3.29. The summed E-state index contributed by atoms with van der Waals surface area (Å²) in [5.74, 6) is 0.471. The van der Waals surface area contributed by atoms with Gasteiger partial charge in [0.1, 0.15) is 5.76 Å². The Kier molecular flexibility index (Phi) is 4.20. The highest BCUT2D eigenvalue weighted by Crippen LogP contribution is 2.15. The van der Waals surface area contributed by atoms with Crippen LogP contribution in [-0.4, -0.2) is 16.8 Å². The lowest BCUT2D eigenvalue weighted by Crippen LogP contribution is -2.12. The first-order valence-corrected chi connectivity index (χ1v) is 6.32. The minimum absolute atomic E-state index is 0.198. The summed E-state index contributed by atoms with van der Waals surface area (Å²) in [6, 6.07) is 8.73. The fourth-order valence-electron chi connectivity index (χ4n) is 1.87. The standard InChI is InChI=1S/C15H16N2O3/c1-3-14-13(8-9-20-14)15(18)16-12-6-4-11(5-7-12)10(2)17-19/h4-9,19H,3H2,1-2H3,(H,16,18)/b17-10+. The molecule has 0 aliphatic carbocycles. The molecule has 0 atom stereocenters. The lowest BCUT2D eigenvalue weighted by atomic mass is 10.1. The van der Waals surface area contributed by atoms with Gasteiger partial charge in [0.15, 0.2) is 0 Å². The van der Waals surface area contributed by atoms with Gasteiger partial charge in [0.25, 0.3) is 5.91 Å². The van der Waals surface area contributed by atoms with E-state index in [0.717, 1.165) is 5.56 Å². The molecule has 2 rings (SSSR count). The molecule has 0 aliphatic rings. The number of carbonyl (C=O) groups is 1. The Morgan fingerprint density at radius 3 is 2.60 bits per heavy atom. The quantitative estimate of drug-likeness (QED) is 0.509. The number of amides is 1. The van der Waals surface area contributed by atoms with E-state index in [2.05, 4.69) is 10.5 Å². The van der Waals surface area contributed by atoms with E-state index in [1.54, 1.807) is 37.3 Å². The van der Waals surface area contributed by atoms with Gasteiger partial charge in [0.2, 0.25) is 0 Å². The van der Waals surface area contributed by atoms with Crippen LogP contribution in [-0.2, 0) is 6.42 Å². The molecule has 0 aliphatic heterocycles. The smallest absolute Gasteiger partial charge is 0.259 e. The van der Waals surface area contributed by atoms with Crippen LogP contribution >= 0.6 is 0 Å². The number of nitrogens with zero attached hydrogens (tertiary/aromatic N) is 1. The van der Waals surface area contributed by atoms with Gasteiger partial charge in [-0.25, -0.2) is 0 Å². The summed E-state index contributed by atoms with van der Waals surface area (Å²) in [6.45, 7) is 3.63. The molecule has 2 N–H and O–H groups in total. The zero-order chi connectivity index (χ0) is 14.5. The van der Waals surface area contributed by atoms with Crippen molar-refractivity contribution < 1.29 is 14.4 Å². The van der Waals surface area contributed by atoms with Crippen molar-refractivity contribution >= 4 is 17.3 Å². The third-order valence-corrected chi connectivity index (χ3v) is 3.02. The molecule has 2 aromatic rings. The summed E-state index contributed by atoms with van der Waals surface area (Å²) in [5, 5.41) is 14.6. The molecule has 5 nitrogen and oxygen atoms in total. The predicted molar refractivity (Wildman–Crippen MR) is 76.5 cm³/mol. The molecule has 1 aromatic carbocycles. The fourth-order valence-corrected chi connectivity index (χ4v) is 1.87.